The Morgan fingerprint density at radius 2 is 1.90 bits per heavy atom. The molecule has 0 unspecified atom stereocenters. The van der Waals surface area contributed by atoms with Crippen LogP contribution in [-0.2, 0) is 5.41 Å². The largest absolute Gasteiger partial charge is 0.369 e. The summed E-state index contributed by atoms with van der Waals surface area (Å²) in [7, 11) is 0. The number of nitrogens with zero attached hydrogens (tertiary/aromatic N) is 2. The van der Waals surface area contributed by atoms with Gasteiger partial charge in [-0.2, -0.15) is 0 Å². The summed E-state index contributed by atoms with van der Waals surface area (Å²) in [6.45, 7) is 5.22. The number of aromatic nitrogens is 2. The molecule has 0 saturated heterocycles. The van der Waals surface area contributed by atoms with E-state index in [1.165, 1.54) is 12.8 Å². The molecule has 104 valence electrons. The van der Waals surface area contributed by atoms with Crippen LogP contribution in [0.25, 0.3) is 11.3 Å². The van der Waals surface area contributed by atoms with Crippen molar-refractivity contribution >= 4 is 28.4 Å². The fraction of sp³-hybridized carbons (Fsp3) is 0.375. The summed E-state index contributed by atoms with van der Waals surface area (Å²) in [5, 5.41) is 3.37. The van der Waals surface area contributed by atoms with Gasteiger partial charge in [0.25, 0.3) is 0 Å². The second kappa shape index (κ2) is 5.31. The SMILES string of the molecule is CCNc1nc(C2(C)CC2)nc(-c2ccccc2)c1I. The van der Waals surface area contributed by atoms with E-state index in [9.17, 15) is 0 Å². The fourth-order valence-corrected chi connectivity index (χ4v) is 2.94. The highest BCUT2D eigenvalue weighted by atomic mass is 127. The normalized spacial score (nSPS) is 15.9. The highest BCUT2D eigenvalue weighted by Gasteiger charge is 2.42. The van der Waals surface area contributed by atoms with E-state index in [-0.39, 0.29) is 5.41 Å². The fourth-order valence-electron chi connectivity index (χ4n) is 2.20. The predicted molar refractivity (Wildman–Crippen MR) is 90.9 cm³/mol. The van der Waals surface area contributed by atoms with Crippen molar-refractivity contribution in [2.75, 3.05) is 11.9 Å². The van der Waals surface area contributed by atoms with Gasteiger partial charge in [0.05, 0.1) is 9.26 Å². The van der Waals surface area contributed by atoms with Crippen LogP contribution >= 0.6 is 22.6 Å². The van der Waals surface area contributed by atoms with Gasteiger partial charge in [-0.15, -0.1) is 0 Å². The van der Waals surface area contributed by atoms with Gasteiger partial charge in [0, 0.05) is 17.5 Å². The Hall–Kier alpha value is -1.17. The number of anilines is 1. The number of hydrogen-bond donors (Lipinski definition) is 1. The molecule has 1 heterocycles. The highest BCUT2D eigenvalue weighted by molar-refractivity contribution is 14.1. The number of halogens is 1. The van der Waals surface area contributed by atoms with Crippen molar-refractivity contribution < 1.29 is 0 Å². The quantitative estimate of drug-likeness (QED) is 0.808. The van der Waals surface area contributed by atoms with Gasteiger partial charge in [-0.1, -0.05) is 37.3 Å². The van der Waals surface area contributed by atoms with Crippen molar-refractivity contribution in [3.8, 4) is 11.3 Å². The first-order valence-electron chi connectivity index (χ1n) is 7.01. The molecule has 1 aliphatic rings. The molecule has 20 heavy (non-hydrogen) atoms. The molecule has 1 aromatic heterocycles. The van der Waals surface area contributed by atoms with Crippen LogP contribution in [0.3, 0.4) is 0 Å². The Morgan fingerprint density at radius 1 is 1.20 bits per heavy atom. The molecular weight excluding hydrogens is 361 g/mol. The lowest BCUT2D eigenvalue weighted by molar-refractivity contribution is 0.709. The van der Waals surface area contributed by atoms with Crippen molar-refractivity contribution in [3.05, 3.63) is 39.7 Å². The molecule has 4 heteroatoms. The third-order valence-corrected chi connectivity index (χ3v) is 4.80. The highest BCUT2D eigenvalue weighted by Crippen LogP contribution is 2.47. The first-order chi connectivity index (χ1) is 9.64. The van der Waals surface area contributed by atoms with Crippen LogP contribution in [0.5, 0.6) is 0 Å². The number of nitrogens with one attached hydrogen (secondary N) is 1. The zero-order valence-corrected chi connectivity index (χ0v) is 13.9. The monoisotopic (exact) mass is 379 g/mol. The summed E-state index contributed by atoms with van der Waals surface area (Å²) in [6, 6.07) is 10.4. The van der Waals surface area contributed by atoms with Crippen LogP contribution in [0.1, 0.15) is 32.5 Å². The van der Waals surface area contributed by atoms with E-state index in [0.717, 1.165) is 33.0 Å². The zero-order chi connectivity index (χ0) is 14.2. The summed E-state index contributed by atoms with van der Waals surface area (Å²) in [4.78, 5) is 9.61. The van der Waals surface area contributed by atoms with Crippen molar-refractivity contribution in [1.29, 1.82) is 0 Å². The molecule has 3 rings (SSSR count). The number of hydrogen-bond acceptors (Lipinski definition) is 3. The second-order valence-corrected chi connectivity index (χ2v) is 6.59. The minimum absolute atomic E-state index is 0.179. The Balaban J connectivity index is 2.15. The van der Waals surface area contributed by atoms with Gasteiger partial charge in [0.1, 0.15) is 11.6 Å². The van der Waals surface area contributed by atoms with Crippen LogP contribution in [0.15, 0.2) is 30.3 Å². The van der Waals surface area contributed by atoms with E-state index < -0.39 is 0 Å². The lowest BCUT2D eigenvalue weighted by Gasteiger charge is -2.15. The average molecular weight is 379 g/mol. The molecule has 2 aromatic rings. The van der Waals surface area contributed by atoms with Gasteiger partial charge in [-0.3, -0.25) is 0 Å². The van der Waals surface area contributed by atoms with E-state index in [1.807, 2.05) is 6.07 Å². The number of benzene rings is 1. The minimum Gasteiger partial charge on any atom is -0.369 e. The first kappa shape index (κ1) is 13.8. The maximum Gasteiger partial charge on any atom is 0.143 e. The van der Waals surface area contributed by atoms with Crippen LogP contribution in [0.2, 0.25) is 0 Å². The van der Waals surface area contributed by atoms with Crippen molar-refractivity contribution in [2.45, 2.75) is 32.1 Å². The van der Waals surface area contributed by atoms with Crippen LogP contribution in [-0.4, -0.2) is 16.5 Å². The molecule has 0 radical (unpaired) electrons. The van der Waals surface area contributed by atoms with E-state index >= 15 is 0 Å². The molecule has 1 fully saturated rings. The summed E-state index contributed by atoms with van der Waals surface area (Å²) in [5.74, 6) is 1.94. The molecule has 0 bridgehead atoms. The van der Waals surface area contributed by atoms with E-state index in [0.29, 0.717) is 0 Å². The Morgan fingerprint density at radius 3 is 2.50 bits per heavy atom. The van der Waals surface area contributed by atoms with Crippen molar-refractivity contribution in [2.24, 2.45) is 0 Å². The molecule has 0 aliphatic heterocycles. The lowest BCUT2D eigenvalue weighted by atomic mass is 10.1. The topological polar surface area (TPSA) is 37.8 Å². The molecule has 3 nitrogen and oxygen atoms in total. The first-order valence-corrected chi connectivity index (χ1v) is 8.09. The van der Waals surface area contributed by atoms with E-state index in [4.69, 9.17) is 9.97 Å². The van der Waals surface area contributed by atoms with E-state index in [1.54, 1.807) is 0 Å². The summed E-state index contributed by atoms with van der Waals surface area (Å²) >= 11 is 2.35. The van der Waals surface area contributed by atoms with Gasteiger partial charge >= 0.3 is 0 Å². The van der Waals surface area contributed by atoms with Gasteiger partial charge in [0.2, 0.25) is 0 Å². The molecule has 1 saturated carbocycles. The average Bonchev–Trinajstić information content (AvgIpc) is 3.21. The van der Waals surface area contributed by atoms with E-state index in [2.05, 4.69) is 66.0 Å². The molecule has 1 N–H and O–H groups in total. The molecule has 0 atom stereocenters. The minimum atomic E-state index is 0.179. The summed E-state index contributed by atoms with van der Waals surface area (Å²) in [6.07, 6.45) is 2.38. The molecule has 0 spiro atoms. The standard InChI is InChI=1S/C16H18IN3/c1-3-18-14-12(17)13(11-7-5-4-6-8-11)19-15(20-14)16(2)9-10-16/h4-8H,3,9-10H2,1-2H3,(H,18,19,20). The van der Waals surface area contributed by atoms with Crippen LogP contribution in [0.4, 0.5) is 5.82 Å². The van der Waals surface area contributed by atoms with Crippen LogP contribution in [0, 0.1) is 3.57 Å². The lowest BCUT2D eigenvalue weighted by Crippen LogP contribution is -2.13. The van der Waals surface area contributed by atoms with Gasteiger partial charge in [-0.25, -0.2) is 9.97 Å². The van der Waals surface area contributed by atoms with Gasteiger partial charge in [-0.05, 0) is 42.4 Å². The Labute approximate surface area is 133 Å². The Bertz CT molecular complexity index is 621. The van der Waals surface area contributed by atoms with Crippen molar-refractivity contribution in [3.63, 3.8) is 0 Å². The molecule has 1 aliphatic carbocycles. The summed E-state index contributed by atoms with van der Waals surface area (Å²) < 4.78 is 1.10. The van der Waals surface area contributed by atoms with Gasteiger partial charge in [0.15, 0.2) is 0 Å². The summed E-state index contributed by atoms with van der Waals surface area (Å²) in [5.41, 5.74) is 2.38. The third kappa shape index (κ3) is 2.53. The molecule has 1 aromatic carbocycles. The predicted octanol–water partition coefficient (Wildman–Crippen LogP) is 4.23. The second-order valence-electron chi connectivity index (χ2n) is 5.52. The van der Waals surface area contributed by atoms with Gasteiger partial charge < -0.3 is 5.32 Å². The van der Waals surface area contributed by atoms with Crippen molar-refractivity contribution in [1.82, 2.24) is 9.97 Å². The Kier molecular flexibility index (Phi) is 3.67. The molecule has 0 amide bonds. The molecular formula is C16H18IN3. The number of rotatable bonds is 4. The maximum atomic E-state index is 4.86. The van der Waals surface area contributed by atoms with Crippen LogP contribution < -0.4 is 5.32 Å². The smallest absolute Gasteiger partial charge is 0.143 e. The zero-order valence-electron chi connectivity index (χ0n) is 11.8. The third-order valence-electron chi connectivity index (χ3n) is 3.78. The maximum absolute atomic E-state index is 4.86.